The molecule has 1 aliphatic rings. The van der Waals surface area contributed by atoms with Gasteiger partial charge in [-0.25, -0.2) is 0 Å². The van der Waals surface area contributed by atoms with Gasteiger partial charge in [-0.05, 0) is 47.4 Å². The normalized spacial score (nSPS) is 15.0. The largest absolute Gasteiger partial charge is 0.481 e. The van der Waals surface area contributed by atoms with Gasteiger partial charge in [0.2, 0.25) is 5.91 Å². The lowest BCUT2D eigenvalue weighted by Gasteiger charge is -2.24. The van der Waals surface area contributed by atoms with Crippen LogP contribution >= 0.6 is 0 Å². The fourth-order valence-electron chi connectivity index (χ4n) is 4.31. The second-order valence-electron chi connectivity index (χ2n) is 8.90. The zero-order valence-electron chi connectivity index (χ0n) is 20.2. The first-order chi connectivity index (χ1) is 17.4. The second-order valence-corrected chi connectivity index (χ2v) is 8.90. The number of nitrogens with zero attached hydrogens (tertiary/aromatic N) is 2. The maximum atomic E-state index is 13.3. The van der Waals surface area contributed by atoms with Gasteiger partial charge in [-0.15, -0.1) is 0 Å². The Morgan fingerprint density at radius 2 is 1.78 bits per heavy atom. The van der Waals surface area contributed by atoms with E-state index in [4.69, 9.17) is 5.73 Å². The molecule has 4 rings (SSSR count). The summed E-state index contributed by atoms with van der Waals surface area (Å²) in [6.07, 6.45) is 0.303. The van der Waals surface area contributed by atoms with E-state index in [9.17, 15) is 19.5 Å². The van der Waals surface area contributed by atoms with Crippen molar-refractivity contribution in [2.24, 2.45) is 5.73 Å². The number of nitrogens with one attached hydrogen (secondary N) is 1. The molecule has 0 spiro atoms. The Morgan fingerprint density at radius 1 is 1.06 bits per heavy atom. The first-order valence-electron chi connectivity index (χ1n) is 11.9. The van der Waals surface area contributed by atoms with Crippen molar-refractivity contribution in [3.05, 3.63) is 95.1 Å². The predicted molar refractivity (Wildman–Crippen MR) is 139 cm³/mol. The number of rotatable bonds is 8. The van der Waals surface area contributed by atoms with E-state index in [0.717, 1.165) is 22.4 Å². The number of nitrogens with two attached hydrogens (primary N) is 1. The van der Waals surface area contributed by atoms with Crippen LogP contribution in [0.3, 0.4) is 0 Å². The number of fused-ring (bicyclic) bond motifs is 1. The van der Waals surface area contributed by atoms with Crippen LogP contribution in [-0.4, -0.2) is 47.4 Å². The number of hydrogen-bond acceptors (Lipinski definition) is 5. The maximum Gasteiger partial charge on any atom is 0.305 e. The highest BCUT2D eigenvalue weighted by molar-refractivity contribution is 6.06. The molecule has 0 radical (unpaired) electrons. The van der Waals surface area contributed by atoms with E-state index in [2.05, 4.69) is 5.32 Å². The van der Waals surface area contributed by atoms with Gasteiger partial charge >= 0.3 is 5.97 Å². The molecule has 3 aromatic carbocycles. The van der Waals surface area contributed by atoms with Crippen molar-refractivity contribution in [3.63, 3.8) is 0 Å². The minimum atomic E-state index is -1.07. The van der Waals surface area contributed by atoms with Gasteiger partial charge in [0.05, 0.1) is 6.42 Å². The standard InChI is InChI=1S/C28H30N4O4/c1-31(23-11-7-20(17-29)8-12-23)27(35)21-9-10-22-18-32(14-13-19-5-3-2-4-6-19)28(36)25(16-26(33)34)30-24(22)15-21/h2-12,15,25,30H,13-14,16-18,29H2,1H3,(H,33,34)/t25-/m1/s1. The van der Waals surface area contributed by atoms with Crippen LogP contribution in [0.25, 0.3) is 0 Å². The molecule has 0 aliphatic carbocycles. The third-order valence-electron chi connectivity index (χ3n) is 6.41. The topological polar surface area (TPSA) is 116 Å². The molecule has 0 saturated carbocycles. The molecule has 0 bridgehead atoms. The molecule has 3 aromatic rings. The molecular formula is C28H30N4O4. The van der Waals surface area contributed by atoms with E-state index >= 15 is 0 Å². The number of anilines is 2. The summed E-state index contributed by atoms with van der Waals surface area (Å²) in [5.41, 5.74) is 10.3. The summed E-state index contributed by atoms with van der Waals surface area (Å²) >= 11 is 0. The summed E-state index contributed by atoms with van der Waals surface area (Å²) in [6, 6.07) is 21.6. The zero-order valence-corrected chi connectivity index (χ0v) is 20.2. The van der Waals surface area contributed by atoms with Crippen molar-refractivity contribution in [2.75, 3.05) is 23.8 Å². The fraction of sp³-hybridized carbons (Fsp3) is 0.250. The molecule has 2 amide bonds. The molecule has 1 aliphatic heterocycles. The average Bonchev–Trinajstić information content (AvgIpc) is 3.02. The lowest BCUT2D eigenvalue weighted by Crippen LogP contribution is -2.42. The molecule has 0 saturated heterocycles. The van der Waals surface area contributed by atoms with Crippen LogP contribution < -0.4 is 16.0 Å². The first kappa shape index (κ1) is 24.9. The monoisotopic (exact) mass is 486 g/mol. The number of aliphatic carboxylic acids is 1. The quantitative estimate of drug-likeness (QED) is 0.450. The molecule has 8 nitrogen and oxygen atoms in total. The minimum absolute atomic E-state index is 0.216. The smallest absolute Gasteiger partial charge is 0.305 e. The van der Waals surface area contributed by atoms with E-state index < -0.39 is 12.0 Å². The molecule has 8 heteroatoms. The van der Waals surface area contributed by atoms with E-state index in [-0.39, 0.29) is 18.2 Å². The van der Waals surface area contributed by atoms with Crippen molar-refractivity contribution in [2.45, 2.75) is 32.0 Å². The van der Waals surface area contributed by atoms with E-state index in [1.807, 2.05) is 60.7 Å². The fourth-order valence-corrected chi connectivity index (χ4v) is 4.31. The number of benzene rings is 3. The summed E-state index contributed by atoms with van der Waals surface area (Å²) in [5, 5.41) is 12.5. The van der Waals surface area contributed by atoms with Crippen LogP contribution in [0.15, 0.2) is 72.8 Å². The van der Waals surface area contributed by atoms with Gasteiger partial charge in [-0.1, -0.05) is 48.5 Å². The molecule has 36 heavy (non-hydrogen) atoms. The molecule has 0 aromatic heterocycles. The number of carbonyl (C=O) groups is 3. The molecule has 0 fully saturated rings. The summed E-state index contributed by atoms with van der Waals surface area (Å²) < 4.78 is 0. The molecular weight excluding hydrogens is 456 g/mol. The highest BCUT2D eigenvalue weighted by Gasteiger charge is 2.31. The predicted octanol–water partition coefficient (Wildman–Crippen LogP) is 3.26. The van der Waals surface area contributed by atoms with Crippen molar-refractivity contribution in [3.8, 4) is 0 Å². The molecule has 1 heterocycles. The third-order valence-corrected chi connectivity index (χ3v) is 6.41. The van der Waals surface area contributed by atoms with Crippen LogP contribution in [0.4, 0.5) is 11.4 Å². The van der Waals surface area contributed by atoms with Gasteiger partial charge in [0.15, 0.2) is 0 Å². The number of amides is 2. The highest BCUT2D eigenvalue weighted by Crippen LogP contribution is 2.27. The molecule has 0 unspecified atom stereocenters. The van der Waals surface area contributed by atoms with Gasteiger partial charge in [0.1, 0.15) is 6.04 Å². The summed E-state index contributed by atoms with van der Waals surface area (Å²) in [7, 11) is 1.70. The van der Waals surface area contributed by atoms with E-state index in [1.165, 1.54) is 0 Å². The Bertz CT molecular complexity index is 1240. The van der Waals surface area contributed by atoms with Gasteiger partial charge in [0, 0.05) is 43.6 Å². The summed E-state index contributed by atoms with van der Waals surface area (Å²) in [5.74, 6) is -1.55. The number of hydrogen-bond donors (Lipinski definition) is 3. The van der Waals surface area contributed by atoms with Crippen LogP contribution in [0.2, 0.25) is 0 Å². The van der Waals surface area contributed by atoms with Gasteiger partial charge in [-0.2, -0.15) is 0 Å². The Hall–Kier alpha value is -4.17. The van der Waals surface area contributed by atoms with Crippen molar-refractivity contribution in [1.82, 2.24) is 4.90 Å². The van der Waals surface area contributed by atoms with Crippen molar-refractivity contribution < 1.29 is 19.5 Å². The van der Waals surface area contributed by atoms with Crippen LogP contribution in [0.5, 0.6) is 0 Å². The Morgan fingerprint density at radius 3 is 2.44 bits per heavy atom. The Labute approximate surface area is 210 Å². The van der Waals surface area contributed by atoms with E-state index in [1.54, 1.807) is 29.0 Å². The Balaban J connectivity index is 1.58. The van der Waals surface area contributed by atoms with Gasteiger partial charge in [0.25, 0.3) is 5.91 Å². The van der Waals surface area contributed by atoms with Crippen molar-refractivity contribution in [1.29, 1.82) is 0 Å². The maximum absolute atomic E-state index is 13.3. The lowest BCUT2D eigenvalue weighted by molar-refractivity contribution is -0.141. The van der Waals surface area contributed by atoms with Gasteiger partial charge < -0.3 is 26.0 Å². The average molecular weight is 487 g/mol. The van der Waals surface area contributed by atoms with Crippen LogP contribution in [0.1, 0.15) is 33.5 Å². The zero-order chi connectivity index (χ0) is 25.7. The van der Waals surface area contributed by atoms with E-state index in [0.29, 0.717) is 37.3 Å². The number of carbonyl (C=O) groups excluding carboxylic acids is 2. The van der Waals surface area contributed by atoms with Crippen LogP contribution in [0, 0.1) is 0 Å². The second kappa shape index (κ2) is 11.0. The Kier molecular flexibility index (Phi) is 7.65. The summed E-state index contributed by atoms with van der Waals surface area (Å²) in [4.78, 5) is 41.2. The van der Waals surface area contributed by atoms with Crippen molar-refractivity contribution >= 4 is 29.2 Å². The third kappa shape index (κ3) is 5.72. The highest BCUT2D eigenvalue weighted by atomic mass is 16.4. The molecule has 1 atom stereocenters. The summed E-state index contributed by atoms with van der Waals surface area (Å²) in [6.45, 7) is 1.21. The minimum Gasteiger partial charge on any atom is -0.481 e. The molecule has 4 N–H and O–H groups in total. The number of carboxylic acids is 1. The SMILES string of the molecule is CN(C(=O)c1ccc2c(c1)N[C@H](CC(=O)O)C(=O)N(CCc1ccccc1)C2)c1ccc(CN)cc1. The number of carboxylic acid groups (broad SMARTS) is 1. The van der Waals surface area contributed by atoms with Crippen LogP contribution in [-0.2, 0) is 29.1 Å². The van der Waals surface area contributed by atoms with Gasteiger partial charge in [-0.3, -0.25) is 14.4 Å². The molecule has 186 valence electrons. The lowest BCUT2D eigenvalue weighted by atomic mass is 10.1. The first-order valence-corrected chi connectivity index (χ1v) is 11.9.